The molecule has 0 spiro atoms. The molecule has 0 aliphatic carbocycles. The minimum atomic E-state index is -4.36. The lowest BCUT2D eigenvalue weighted by molar-refractivity contribution is -0.153. The minimum absolute atomic E-state index is 0.157. The highest BCUT2D eigenvalue weighted by Gasteiger charge is 2.28. The van der Waals surface area contributed by atoms with E-state index in [2.05, 4.69) is 20.5 Å². The molecule has 0 bridgehead atoms. The lowest BCUT2D eigenvalue weighted by atomic mass is 10.1. The van der Waals surface area contributed by atoms with Gasteiger partial charge < -0.3 is 25.2 Å². The van der Waals surface area contributed by atoms with Crippen molar-refractivity contribution in [1.29, 1.82) is 0 Å². The molecule has 1 atom stereocenters. The Morgan fingerprint density at radius 2 is 1.87 bits per heavy atom. The van der Waals surface area contributed by atoms with Gasteiger partial charge in [0, 0.05) is 32.7 Å². The first-order chi connectivity index (χ1) is 14.2. The monoisotopic (exact) mass is 432 g/mol. The van der Waals surface area contributed by atoms with Crippen LogP contribution in [0.2, 0.25) is 0 Å². The van der Waals surface area contributed by atoms with Crippen molar-refractivity contribution in [3.05, 3.63) is 29.8 Å². The van der Waals surface area contributed by atoms with Crippen LogP contribution in [-0.2, 0) is 11.3 Å². The van der Waals surface area contributed by atoms with Crippen LogP contribution in [0.5, 0.6) is 5.75 Å². The Kier molecular flexibility index (Phi) is 9.19. The summed E-state index contributed by atoms with van der Waals surface area (Å²) in [4.78, 5) is 6.64. The zero-order chi connectivity index (χ0) is 22.0. The molecule has 10 heteroatoms. The molecule has 170 valence electrons. The molecule has 0 amide bonds. The molecular formula is C20H31F3N4O3. The molecule has 0 saturated carbocycles. The van der Waals surface area contributed by atoms with Crippen molar-refractivity contribution >= 4 is 5.96 Å². The third-order valence-corrected chi connectivity index (χ3v) is 4.39. The topological polar surface area (TPSA) is 78.4 Å². The van der Waals surface area contributed by atoms with Gasteiger partial charge in [0.05, 0.1) is 25.4 Å². The fraction of sp³-hybridized carbons (Fsp3) is 0.650. The van der Waals surface area contributed by atoms with Crippen LogP contribution in [0.1, 0.15) is 19.4 Å². The predicted molar refractivity (Wildman–Crippen MR) is 109 cm³/mol. The van der Waals surface area contributed by atoms with Crippen LogP contribution in [0, 0.1) is 0 Å². The number of hydrogen-bond acceptors (Lipinski definition) is 5. The molecule has 1 heterocycles. The van der Waals surface area contributed by atoms with E-state index in [4.69, 9.17) is 9.47 Å². The highest BCUT2D eigenvalue weighted by molar-refractivity contribution is 5.79. The molecule has 7 nitrogen and oxygen atoms in total. The number of benzene rings is 1. The third kappa shape index (κ3) is 9.64. The number of aliphatic imine (C=N–C) groups is 1. The van der Waals surface area contributed by atoms with E-state index >= 15 is 0 Å². The SMILES string of the molecule is CCNC(=NCc1ccc(OCC(F)(F)F)cc1)NCC(C)(O)CN1CCOCC1. The number of aliphatic hydroxyl groups is 1. The van der Waals surface area contributed by atoms with Gasteiger partial charge in [-0.2, -0.15) is 13.2 Å². The summed E-state index contributed by atoms with van der Waals surface area (Å²) in [5, 5.41) is 17.0. The van der Waals surface area contributed by atoms with Crippen molar-refractivity contribution in [2.24, 2.45) is 4.99 Å². The fourth-order valence-electron chi connectivity index (χ4n) is 2.94. The fourth-order valence-corrected chi connectivity index (χ4v) is 2.94. The first-order valence-electron chi connectivity index (χ1n) is 10.00. The number of hydrogen-bond donors (Lipinski definition) is 3. The summed E-state index contributed by atoms with van der Waals surface area (Å²) >= 11 is 0. The maximum Gasteiger partial charge on any atom is 0.422 e. The highest BCUT2D eigenvalue weighted by atomic mass is 19.4. The Bertz CT molecular complexity index is 660. The molecule has 2 rings (SSSR count). The van der Waals surface area contributed by atoms with Crippen LogP contribution in [0.3, 0.4) is 0 Å². The van der Waals surface area contributed by atoms with Gasteiger partial charge in [-0.1, -0.05) is 12.1 Å². The Morgan fingerprint density at radius 1 is 1.20 bits per heavy atom. The average Bonchev–Trinajstić information content (AvgIpc) is 2.69. The van der Waals surface area contributed by atoms with Gasteiger partial charge in [-0.15, -0.1) is 0 Å². The average molecular weight is 432 g/mol. The van der Waals surface area contributed by atoms with E-state index in [9.17, 15) is 18.3 Å². The van der Waals surface area contributed by atoms with E-state index < -0.39 is 18.4 Å². The summed E-state index contributed by atoms with van der Waals surface area (Å²) in [6, 6.07) is 6.33. The zero-order valence-corrected chi connectivity index (χ0v) is 17.5. The molecule has 1 saturated heterocycles. The van der Waals surface area contributed by atoms with Crippen molar-refractivity contribution < 1.29 is 27.8 Å². The van der Waals surface area contributed by atoms with E-state index in [0.29, 0.717) is 45.4 Å². The molecule has 3 N–H and O–H groups in total. The third-order valence-electron chi connectivity index (χ3n) is 4.39. The second-order valence-electron chi connectivity index (χ2n) is 7.48. The Labute approximate surface area is 175 Å². The largest absolute Gasteiger partial charge is 0.484 e. The van der Waals surface area contributed by atoms with E-state index in [0.717, 1.165) is 18.7 Å². The summed E-state index contributed by atoms with van der Waals surface area (Å²) in [7, 11) is 0. The molecule has 1 aromatic carbocycles. The van der Waals surface area contributed by atoms with Gasteiger partial charge in [0.25, 0.3) is 0 Å². The van der Waals surface area contributed by atoms with Crippen LogP contribution >= 0.6 is 0 Å². The Hall–Kier alpha value is -2.04. The number of nitrogens with zero attached hydrogens (tertiary/aromatic N) is 2. The summed E-state index contributed by atoms with van der Waals surface area (Å²) in [6.45, 7) is 7.18. The van der Waals surface area contributed by atoms with Gasteiger partial charge in [0.15, 0.2) is 12.6 Å². The van der Waals surface area contributed by atoms with Gasteiger partial charge >= 0.3 is 6.18 Å². The number of morpholine rings is 1. The molecule has 0 aromatic heterocycles. The maximum absolute atomic E-state index is 12.2. The van der Waals surface area contributed by atoms with Crippen molar-refractivity contribution in [2.75, 3.05) is 52.5 Å². The summed E-state index contributed by atoms with van der Waals surface area (Å²) in [5.74, 6) is 0.710. The zero-order valence-electron chi connectivity index (χ0n) is 17.5. The van der Waals surface area contributed by atoms with Crippen LogP contribution in [0.15, 0.2) is 29.3 Å². The summed E-state index contributed by atoms with van der Waals surface area (Å²) < 4.78 is 46.7. The lowest BCUT2D eigenvalue weighted by Crippen LogP contribution is -2.52. The van der Waals surface area contributed by atoms with E-state index in [1.165, 1.54) is 12.1 Å². The molecule has 0 radical (unpaired) electrons. The van der Waals surface area contributed by atoms with Gasteiger partial charge in [0.2, 0.25) is 0 Å². The van der Waals surface area contributed by atoms with Crippen molar-refractivity contribution in [1.82, 2.24) is 15.5 Å². The van der Waals surface area contributed by atoms with Gasteiger partial charge in [-0.3, -0.25) is 4.90 Å². The van der Waals surface area contributed by atoms with Crippen LogP contribution in [-0.4, -0.2) is 80.3 Å². The predicted octanol–water partition coefficient (Wildman–Crippen LogP) is 1.77. The number of guanidine groups is 1. The number of β-amino-alcohol motifs (C(OH)–C–C–N with tert-alkyl or cyclic N) is 1. The first kappa shape index (κ1) is 24.2. The molecule has 1 aromatic rings. The Balaban J connectivity index is 1.85. The molecule has 1 fully saturated rings. The van der Waals surface area contributed by atoms with Crippen LogP contribution < -0.4 is 15.4 Å². The van der Waals surface area contributed by atoms with Gasteiger partial charge in [0.1, 0.15) is 5.75 Å². The molecular weight excluding hydrogens is 401 g/mol. The van der Waals surface area contributed by atoms with Crippen molar-refractivity contribution in [2.45, 2.75) is 32.2 Å². The molecule has 1 unspecified atom stereocenters. The number of ether oxygens (including phenoxy) is 2. The number of rotatable bonds is 9. The smallest absolute Gasteiger partial charge is 0.422 e. The first-order valence-corrected chi connectivity index (χ1v) is 10.00. The Morgan fingerprint density at radius 3 is 2.47 bits per heavy atom. The molecule has 1 aliphatic heterocycles. The van der Waals surface area contributed by atoms with E-state index in [-0.39, 0.29) is 5.75 Å². The van der Waals surface area contributed by atoms with E-state index in [1.807, 2.05) is 6.92 Å². The maximum atomic E-state index is 12.2. The quantitative estimate of drug-likeness (QED) is 0.408. The normalized spacial score (nSPS) is 18.0. The second-order valence-corrected chi connectivity index (χ2v) is 7.48. The lowest BCUT2D eigenvalue weighted by Gasteiger charge is -2.34. The summed E-state index contributed by atoms with van der Waals surface area (Å²) in [6.07, 6.45) is -4.36. The standard InChI is InChI=1S/C20H31F3N4O3/c1-3-24-18(26-13-19(2,28)14-27-8-10-29-11-9-27)25-12-16-4-6-17(7-5-16)30-15-20(21,22)23/h4-7,28H,3,8-15H2,1-2H3,(H2,24,25,26). The van der Waals surface area contributed by atoms with Crippen LogP contribution in [0.25, 0.3) is 0 Å². The van der Waals surface area contributed by atoms with Gasteiger partial charge in [-0.25, -0.2) is 4.99 Å². The van der Waals surface area contributed by atoms with Crippen molar-refractivity contribution in [3.8, 4) is 5.75 Å². The second kappa shape index (κ2) is 11.4. The van der Waals surface area contributed by atoms with E-state index in [1.54, 1.807) is 19.1 Å². The minimum Gasteiger partial charge on any atom is -0.484 e. The number of halogens is 3. The number of alkyl halides is 3. The van der Waals surface area contributed by atoms with Crippen molar-refractivity contribution in [3.63, 3.8) is 0 Å². The highest BCUT2D eigenvalue weighted by Crippen LogP contribution is 2.19. The molecule has 1 aliphatic rings. The molecule has 30 heavy (non-hydrogen) atoms. The van der Waals surface area contributed by atoms with Gasteiger partial charge in [-0.05, 0) is 31.5 Å². The summed E-state index contributed by atoms with van der Waals surface area (Å²) in [5.41, 5.74) is -0.114. The van der Waals surface area contributed by atoms with Crippen LogP contribution in [0.4, 0.5) is 13.2 Å². The number of nitrogens with one attached hydrogen (secondary N) is 2.